The summed E-state index contributed by atoms with van der Waals surface area (Å²) < 4.78 is 5.53. The topological polar surface area (TPSA) is 55.6 Å². The Morgan fingerprint density at radius 3 is 3.16 bits per heavy atom. The van der Waals surface area contributed by atoms with Crippen molar-refractivity contribution < 1.29 is 9.53 Å². The normalized spacial score (nSPS) is 20.5. The van der Waals surface area contributed by atoms with Crippen molar-refractivity contribution in [3.8, 4) is 0 Å². The summed E-state index contributed by atoms with van der Waals surface area (Å²) in [7, 11) is 0. The van der Waals surface area contributed by atoms with E-state index in [0.717, 1.165) is 25.1 Å². The zero-order valence-corrected chi connectivity index (χ0v) is 11.2. The van der Waals surface area contributed by atoms with Gasteiger partial charge < -0.3 is 15.4 Å². The number of hydrogen-bond acceptors (Lipinski definition) is 3. The Bertz CT molecular complexity index is 471. The molecule has 1 aliphatic rings. The molecule has 102 valence electrons. The molecule has 1 atom stereocenters. The Hall–Kier alpha value is -1.81. The van der Waals surface area contributed by atoms with E-state index < -0.39 is 0 Å². The standard InChI is InChI=1S/C15H20N2O2/c1-12-11-17(8-3-9-19-12)15(18)7-6-13-4-2-5-14(16)10-13/h2,4-7,10,12H,3,8-9,11,16H2,1H3/b7-6+. The van der Waals surface area contributed by atoms with Crippen LogP contribution in [0, 0.1) is 0 Å². The number of nitrogens with zero attached hydrogens (tertiary/aromatic N) is 1. The first kappa shape index (κ1) is 13.6. The zero-order chi connectivity index (χ0) is 13.7. The minimum Gasteiger partial charge on any atom is -0.399 e. The van der Waals surface area contributed by atoms with Gasteiger partial charge in [-0.05, 0) is 37.1 Å². The highest BCUT2D eigenvalue weighted by atomic mass is 16.5. The van der Waals surface area contributed by atoms with Gasteiger partial charge in [-0.25, -0.2) is 0 Å². The lowest BCUT2D eigenvalue weighted by Crippen LogP contribution is -2.34. The third-order valence-corrected chi connectivity index (χ3v) is 3.09. The summed E-state index contributed by atoms with van der Waals surface area (Å²) in [4.78, 5) is 13.9. The molecule has 1 aromatic carbocycles. The van der Waals surface area contributed by atoms with Crippen molar-refractivity contribution in [2.75, 3.05) is 25.4 Å². The molecule has 0 radical (unpaired) electrons. The summed E-state index contributed by atoms with van der Waals surface area (Å²) in [5, 5.41) is 0. The second-order valence-electron chi connectivity index (χ2n) is 4.82. The number of carbonyl (C=O) groups excluding carboxylic acids is 1. The van der Waals surface area contributed by atoms with Gasteiger partial charge >= 0.3 is 0 Å². The molecule has 0 aromatic heterocycles. The number of anilines is 1. The van der Waals surface area contributed by atoms with E-state index in [2.05, 4.69) is 0 Å². The fourth-order valence-corrected chi connectivity index (χ4v) is 2.13. The second kappa shape index (κ2) is 6.38. The molecule has 2 N–H and O–H groups in total. The van der Waals surface area contributed by atoms with Gasteiger partial charge in [0.1, 0.15) is 0 Å². The molecule has 1 saturated heterocycles. The van der Waals surface area contributed by atoms with E-state index in [1.54, 1.807) is 12.2 Å². The largest absolute Gasteiger partial charge is 0.399 e. The summed E-state index contributed by atoms with van der Waals surface area (Å²) in [5.74, 6) is 0.0276. The second-order valence-corrected chi connectivity index (χ2v) is 4.82. The summed E-state index contributed by atoms with van der Waals surface area (Å²) in [5.41, 5.74) is 7.34. The SMILES string of the molecule is CC1CN(C(=O)/C=C/c2cccc(N)c2)CCCO1. The van der Waals surface area contributed by atoms with Crippen LogP contribution >= 0.6 is 0 Å². The average Bonchev–Trinajstić information content (AvgIpc) is 2.61. The lowest BCUT2D eigenvalue weighted by Gasteiger charge is -2.20. The Morgan fingerprint density at radius 1 is 1.53 bits per heavy atom. The monoisotopic (exact) mass is 260 g/mol. The predicted octanol–water partition coefficient (Wildman–Crippen LogP) is 1.92. The molecule has 1 aromatic rings. The molecule has 0 bridgehead atoms. The number of rotatable bonds is 2. The fraction of sp³-hybridized carbons (Fsp3) is 0.400. The number of hydrogen-bond donors (Lipinski definition) is 1. The van der Waals surface area contributed by atoms with Gasteiger partial charge in [0.15, 0.2) is 0 Å². The molecule has 4 nitrogen and oxygen atoms in total. The molecule has 0 aliphatic carbocycles. The van der Waals surface area contributed by atoms with Gasteiger partial charge in [0.05, 0.1) is 6.10 Å². The van der Waals surface area contributed by atoms with Crippen molar-refractivity contribution in [3.05, 3.63) is 35.9 Å². The van der Waals surface area contributed by atoms with Crippen molar-refractivity contribution in [1.29, 1.82) is 0 Å². The lowest BCUT2D eigenvalue weighted by atomic mass is 10.2. The van der Waals surface area contributed by atoms with E-state index in [1.165, 1.54) is 0 Å². The first-order valence-electron chi connectivity index (χ1n) is 6.59. The Kier molecular flexibility index (Phi) is 4.58. The van der Waals surface area contributed by atoms with Crippen LogP contribution in [0.4, 0.5) is 5.69 Å². The molecule has 1 unspecified atom stereocenters. The first-order chi connectivity index (χ1) is 9.15. The summed E-state index contributed by atoms with van der Waals surface area (Å²) >= 11 is 0. The summed E-state index contributed by atoms with van der Waals surface area (Å²) in [6.45, 7) is 4.13. The number of nitrogens with two attached hydrogens (primary N) is 1. The van der Waals surface area contributed by atoms with E-state index >= 15 is 0 Å². The summed E-state index contributed by atoms with van der Waals surface area (Å²) in [6, 6.07) is 7.47. The van der Waals surface area contributed by atoms with Crippen LogP contribution in [-0.2, 0) is 9.53 Å². The predicted molar refractivity (Wildman–Crippen MR) is 76.5 cm³/mol. The van der Waals surface area contributed by atoms with Crippen LogP contribution in [0.25, 0.3) is 6.08 Å². The number of nitrogen functional groups attached to an aromatic ring is 1. The van der Waals surface area contributed by atoms with E-state index in [4.69, 9.17) is 10.5 Å². The number of ether oxygens (including phenoxy) is 1. The van der Waals surface area contributed by atoms with Crippen molar-refractivity contribution in [2.24, 2.45) is 0 Å². The Labute approximate surface area is 113 Å². The van der Waals surface area contributed by atoms with E-state index in [-0.39, 0.29) is 12.0 Å². The van der Waals surface area contributed by atoms with Gasteiger partial charge in [-0.15, -0.1) is 0 Å². The van der Waals surface area contributed by atoms with Crippen LogP contribution in [0.1, 0.15) is 18.9 Å². The molecular formula is C15H20N2O2. The molecule has 1 heterocycles. The average molecular weight is 260 g/mol. The molecule has 1 aliphatic heterocycles. The van der Waals surface area contributed by atoms with Crippen LogP contribution in [0.15, 0.2) is 30.3 Å². The van der Waals surface area contributed by atoms with Gasteiger partial charge in [-0.3, -0.25) is 4.79 Å². The van der Waals surface area contributed by atoms with E-state index in [0.29, 0.717) is 12.2 Å². The van der Waals surface area contributed by atoms with E-state index in [1.807, 2.05) is 36.1 Å². The lowest BCUT2D eigenvalue weighted by molar-refractivity contribution is -0.126. The molecule has 1 amide bonds. The number of amides is 1. The molecule has 4 heteroatoms. The number of benzene rings is 1. The minimum absolute atomic E-state index is 0.0276. The van der Waals surface area contributed by atoms with Gasteiger partial charge in [0.2, 0.25) is 5.91 Å². The minimum atomic E-state index is 0.0276. The molecule has 19 heavy (non-hydrogen) atoms. The van der Waals surface area contributed by atoms with Gasteiger partial charge in [0, 0.05) is 31.5 Å². The van der Waals surface area contributed by atoms with Gasteiger partial charge in [0.25, 0.3) is 0 Å². The maximum absolute atomic E-state index is 12.1. The van der Waals surface area contributed by atoms with Crippen LogP contribution in [0.2, 0.25) is 0 Å². The van der Waals surface area contributed by atoms with Gasteiger partial charge in [-0.2, -0.15) is 0 Å². The zero-order valence-electron chi connectivity index (χ0n) is 11.2. The van der Waals surface area contributed by atoms with Gasteiger partial charge in [-0.1, -0.05) is 12.1 Å². The molecular weight excluding hydrogens is 240 g/mol. The van der Waals surface area contributed by atoms with Crippen molar-refractivity contribution in [2.45, 2.75) is 19.4 Å². The number of carbonyl (C=O) groups is 1. The molecule has 1 fully saturated rings. The summed E-state index contributed by atoms with van der Waals surface area (Å²) in [6.07, 6.45) is 4.40. The van der Waals surface area contributed by atoms with Crippen LogP contribution in [0.3, 0.4) is 0 Å². The third-order valence-electron chi connectivity index (χ3n) is 3.09. The van der Waals surface area contributed by atoms with Crippen LogP contribution < -0.4 is 5.73 Å². The highest BCUT2D eigenvalue weighted by molar-refractivity contribution is 5.91. The quantitative estimate of drug-likeness (QED) is 0.653. The molecule has 0 saturated carbocycles. The Balaban J connectivity index is 1.99. The van der Waals surface area contributed by atoms with E-state index in [9.17, 15) is 4.79 Å². The smallest absolute Gasteiger partial charge is 0.246 e. The fourth-order valence-electron chi connectivity index (χ4n) is 2.13. The Morgan fingerprint density at radius 2 is 2.37 bits per heavy atom. The highest BCUT2D eigenvalue weighted by Gasteiger charge is 2.17. The molecule has 0 spiro atoms. The first-order valence-corrected chi connectivity index (χ1v) is 6.59. The van der Waals surface area contributed by atoms with Crippen molar-refractivity contribution >= 4 is 17.7 Å². The molecule has 2 rings (SSSR count). The maximum atomic E-state index is 12.1. The van der Waals surface area contributed by atoms with Crippen molar-refractivity contribution in [3.63, 3.8) is 0 Å². The van der Waals surface area contributed by atoms with Crippen LogP contribution in [-0.4, -0.2) is 36.6 Å². The van der Waals surface area contributed by atoms with Crippen LogP contribution in [0.5, 0.6) is 0 Å². The highest BCUT2D eigenvalue weighted by Crippen LogP contribution is 2.10. The van der Waals surface area contributed by atoms with Crippen molar-refractivity contribution in [1.82, 2.24) is 4.90 Å². The third kappa shape index (κ3) is 4.10. The maximum Gasteiger partial charge on any atom is 0.246 e.